The van der Waals surface area contributed by atoms with Crippen molar-refractivity contribution in [1.82, 2.24) is 5.32 Å². The quantitative estimate of drug-likeness (QED) is 0.665. The van der Waals surface area contributed by atoms with E-state index in [1.165, 1.54) is 22.1 Å². The molecule has 0 aliphatic heterocycles. The second-order valence-corrected chi connectivity index (χ2v) is 7.22. The first-order valence-electron chi connectivity index (χ1n) is 8.21. The third-order valence-electron chi connectivity index (χ3n) is 3.85. The summed E-state index contributed by atoms with van der Waals surface area (Å²) in [5.74, 6) is 1.42. The smallest absolute Gasteiger partial charge is 0.0510 e. The molecular formula is C18H31BrN2. The molecule has 0 spiro atoms. The normalized spacial score (nSPS) is 12.7. The van der Waals surface area contributed by atoms with Crippen LogP contribution < -0.4 is 10.2 Å². The Kier molecular flexibility index (Phi) is 8.35. The molecule has 3 heteroatoms. The second kappa shape index (κ2) is 9.47. The monoisotopic (exact) mass is 354 g/mol. The fraction of sp³-hybridized carbons (Fsp3) is 0.667. The van der Waals surface area contributed by atoms with Gasteiger partial charge in [0.15, 0.2) is 0 Å². The molecule has 0 saturated carbocycles. The minimum absolute atomic E-state index is 0.693. The summed E-state index contributed by atoms with van der Waals surface area (Å²) in [6, 6.07) is 6.75. The van der Waals surface area contributed by atoms with E-state index < -0.39 is 0 Å². The Bertz CT molecular complexity index is 418. The van der Waals surface area contributed by atoms with Crippen LogP contribution in [-0.2, 0) is 6.54 Å². The number of halogens is 1. The van der Waals surface area contributed by atoms with Gasteiger partial charge in [-0.2, -0.15) is 0 Å². The van der Waals surface area contributed by atoms with Crippen LogP contribution in [0.4, 0.5) is 5.69 Å². The Morgan fingerprint density at radius 2 is 1.90 bits per heavy atom. The molecule has 0 radical (unpaired) electrons. The van der Waals surface area contributed by atoms with E-state index in [0.717, 1.165) is 32.1 Å². The molecule has 0 aliphatic rings. The van der Waals surface area contributed by atoms with E-state index in [1.807, 2.05) is 0 Å². The minimum Gasteiger partial charge on any atom is -0.371 e. The van der Waals surface area contributed by atoms with Crippen LogP contribution in [-0.4, -0.2) is 19.6 Å². The van der Waals surface area contributed by atoms with Gasteiger partial charge in [-0.05, 0) is 58.9 Å². The summed E-state index contributed by atoms with van der Waals surface area (Å²) in [5.41, 5.74) is 2.65. The Hall–Kier alpha value is -0.540. The molecule has 0 saturated heterocycles. The molecule has 1 aromatic carbocycles. The summed E-state index contributed by atoms with van der Waals surface area (Å²) >= 11 is 3.75. The Balaban J connectivity index is 2.71. The van der Waals surface area contributed by atoms with E-state index in [0.29, 0.717) is 5.92 Å². The van der Waals surface area contributed by atoms with Gasteiger partial charge in [0.1, 0.15) is 0 Å². The molecule has 2 nitrogen and oxygen atoms in total. The van der Waals surface area contributed by atoms with Crippen molar-refractivity contribution in [1.29, 1.82) is 0 Å². The zero-order valence-electron chi connectivity index (χ0n) is 14.2. The van der Waals surface area contributed by atoms with Crippen molar-refractivity contribution in [2.75, 3.05) is 24.5 Å². The number of benzene rings is 1. The number of nitrogens with zero attached hydrogens (tertiary/aromatic N) is 1. The molecule has 120 valence electrons. The first kappa shape index (κ1) is 18.5. The summed E-state index contributed by atoms with van der Waals surface area (Å²) in [6.45, 7) is 15.5. The molecule has 1 unspecified atom stereocenters. The number of nitrogens with one attached hydrogen (secondary N) is 1. The molecule has 1 rings (SSSR count). The molecule has 0 bridgehead atoms. The van der Waals surface area contributed by atoms with Crippen LogP contribution in [0.15, 0.2) is 22.7 Å². The third-order valence-corrected chi connectivity index (χ3v) is 4.48. The van der Waals surface area contributed by atoms with Crippen molar-refractivity contribution in [2.24, 2.45) is 11.8 Å². The fourth-order valence-electron chi connectivity index (χ4n) is 2.33. The van der Waals surface area contributed by atoms with Crippen molar-refractivity contribution in [3.8, 4) is 0 Å². The van der Waals surface area contributed by atoms with Gasteiger partial charge in [0, 0.05) is 24.1 Å². The van der Waals surface area contributed by atoms with Crippen LogP contribution in [0.25, 0.3) is 0 Å². The van der Waals surface area contributed by atoms with Crippen molar-refractivity contribution < 1.29 is 0 Å². The SMILES string of the molecule is CCC(C)CN(CC)c1ccc(CNCC(C)C)cc1Br. The van der Waals surface area contributed by atoms with Gasteiger partial charge in [-0.15, -0.1) is 0 Å². The maximum absolute atomic E-state index is 3.75. The predicted octanol–water partition coefficient (Wildman–Crippen LogP) is 5.07. The standard InChI is InChI=1S/C18H31BrN2/c1-6-15(5)13-21(7-2)18-9-8-16(10-17(18)19)12-20-11-14(3)4/h8-10,14-15,20H,6-7,11-13H2,1-5H3. The third kappa shape index (κ3) is 6.39. The first-order valence-corrected chi connectivity index (χ1v) is 9.01. The number of anilines is 1. The van der Waals surface area contributed by atoms with E-state index >= 15 is 0 Å². The molecule has 0 aromatic heterocycles. The van der Waals surface area contributed by atoms with E-state index in [2.05, 4.69) is 79.0 Å². The highest BCUT2D eigenvalue weighted by Gasteiger charge is 2.11. The van der Waals surface area contributed by atoms with Gasteiger partial charge < -0.3 is 10.2 Å². The lowest BCUT2D eigenvalue weighted by Crippen LogP contribution is -2.28. The largest absolute Gasteiger partial charge is 0.371 e. The lowest BCUT2D eigenvalue weighted by atomic mass is 10.1. The molecule has 0 aliphatic carbocycles. The van der Waals surface area contributed by atoms with Crippen LogP contribution in [0.3, 0.4) is 0 Å². The van der Waals surface area contributed by atoms with Gasteiger partial charge in [0.05, 0.1) is 5.69 Å². The fourth-order valence-corrected chi connectivity index (χ4v) is 3.00. The second-order valence-electron chi connectivity index (χ2n) is 6.36. The van der Waals surface area contributed by atoms with Crippen LogP contribution in [0.5, 0.6) is 0 Å². The number of hydrogen-bond donors (Lipinski definition) is 1. The lowest BCUT2D eigenvalue weighted by molar-refractivity contribution is 0.547. The van der Waals surface area contributed by atoms with Crippen LogP contribution in [0.1, 0.15) is 46.6 Å². The summed E-state index contributed by atoms with van der Waals surface area (Å²) in [7, 11) is 0. The lowest BCUT2D eigenvalue weighted by Gasteiger charge is -2.27. The molecule has 0 fully saturated rings. The van der Waals surface area contributed by atoms with Gasteiger partial charge in [-0.1, -0.05) is 40.2 Å². The van der Waals surface area contributed by atoms with E-state index in [1.54, 1.807) is 0 Å². The zero-order chi connectivity index (χ0) is 15.8. The highest BCUT2D eigenvalue weighted by molar-refractivity contribution is 9.10. The average Bonchev–Trinajstić information content (AvgIpc) is 2.44. The predicted molar refractivity (Wildman–Crippen MR) is 98.0 cm³/mol. The van der Waals surface area contributed by atoms with Gasteiger partial charge in [-0.25, -0.2) is 0 Å². The maximum atomic E-state index is 3.75. The average molecular weight is 355 g/mol. The summed E-state index contributed by atoms with van der Waals surface area (Å²) < 4.78 is 1.21. The van der Waals surface area contributed by atoms with Gasteiger partial charge in [0.25, 0.3) is 0 Å². The van der Waals surface area contributed by atoms with Crippen molar-refractivity contribution in [2.45, 2.75) is 47.6 Å². The van der Waals surface area contributed by atoms with Crippen LogP contribution in [0, 0.1) is 11.8 Å². The van der Waals surface area contributed by atoms with E-state index in [9.17, 15) is 0 Å². The minimum atomic E-state index is 0.693. The number of rotatable bonds is 9. The summed E-state index contributed by atoms with van der Waals surface area (Å²) in [6.07, 6.45) is 1.23. The first-order chi connectivity index (χ1) is 9.97. The van der Waals surface area contributed by atoms with Crippen LogP contribution >= 0.6 is 15.9 Å². The van der Waals surface area contributed by atoms with E-state index in [4.69, 9.17) is 0 Å². The van der Waals surface area contributed by atoms with Crippen molar-refractivity contribution >= 4 is 21.6 Å². The topological polar surface area (TPSA) is 15.3 Å². The Morgan fingerprint density at radius 3 is 2.43 bits per heavy atom. The van der Waals surface area contributed by atoms with Crippen LogP contribution in [0.2, 0.25) is 0 Å². The molecule has 0 heterocycles. The van der Waals surface area contributed by atoms with Crippen molar-refractivity contribution in [3.05, 3.63) is 28.2 Å². The van der Waals surface area contributed by atoms with Gasteiger partial charge in [0.2, 0.25) is 0 Å². The molecule has 21 heavy (non-hydrogen) atoms. The summed E-state index contributed by atoms with van der Waals surface area (Å²) in [4.78, 5) is 2.46. The van der Waals surface area contributed by atoms with Gasteiger partial charge in [-0.3, -0.25) is 0 Å². The highest BCUT2D eigenvalue weighted by atomic mass is 79.9. The molecular weight excluding hydrogens is 324 g/mol. The molecule has 1 N–H and O–H groups in total. The summed E-state index contributed by atoms with van der Waals surface area (Å²) in [5, 5.41) is 3.50. The molecule has 1 aromatic rings. The maximum Gasteiger partial charge on any atom is 0.0510 e. The van der Waals surface area contributed by atoms with Gasteiger partial charge >= 0.3 is 0 Å². The molecule has 1 atom stereocenters. The Morgan fingerprint density at radius 1 is 1.19 bits per heavy atom. The van der Waals surface area contributed by atoms with E-state index in [-0.39, 0.29) is 0 Å². The number of hydrogen-bond acceptors (Lipinski definition) is 2. The van der Waals surface area contributed by atoms with Crippen molar-refractivity contribution in [3.63, 3.8) is 0 Å². The Labute approximate surface area is 139 Å². The highest BCUT2D eigenvalue weighted by Crippen LogP contribution is 2.28. The zero-order valence-corrected chi connectivity index (χ0v) is 15.8. The molecule has 0 amide bonds.